The van der Waals surface area contributed by atoms with Crippen molar-refractivity contribution in [3.05, 3.63) is 29.3 Å². The highest BCUT2D eigenvalue weighted by Crippen LogP contribution is 2.26. The fourth-order valence-electron chi connectivity index (χ4n) is 2.45. The standard InChI is InChI=1S/C17H27NOS/c1-3-5-7-10-14-11-9-13-16(19-17(18)20)15(14)12-8-6-4-2/h9,11,13H,3-8,10,12H2,1-2H3,(H2,18,20). The van der Waals surface area contributed by atoms with Gasteiger partial charge in [-0.1, -0.05) is 51.7 Å². The summed E-state index contributed by atoms with van der Waals surface area (Å²) in [5.74, 6) is 0.850. The second-order valence-electron chi connectivity index (χ2n) is 5.23. The highest BCUT2D eigenvalue weighted by molar-refractivity contribution is 7.80. The molecular weight excluding hydrogens is 266 g/mol. The summed E-state index contributed by atoms with van der Waals surface area (Å²) in [6.45, 7) is 4.45. The number of thiocarbonyl (C=S) groups is 1. The number of hydrogen-bond donors (Lipinski definition) is 1. The predicted octanol–water partition coefficient (Wildman–Crippen LogP) is 4.77. The number of unbranched alkanes of at least 4 members (excludes halogenated alkanes) is 4. The van der Waals surface area contributed by atoms with Gasteiger partial charge in [-0.3, -0.25) is 0 Å². The van der Waals surface area contributed by atoms with Gasteiger partial charge in [-0.05, 0) is 55.1 Å². The minimum Gasteiger partial charge on any atom is -0.432 e. The van der Waals surface area contributed by atoms with E-state index in [0.717, 1.165) is 18.6 Å². The quantitative estimate of drug-likeness (QED) is 0.526. The van der Waals surface area contributed by atoms with Crippen molar-refractivity contribution in [2.24, 2.45) is 5.73 Å². The normalized spacial score (nSPS) is 10.5. The topological polar surface area (TPSA) is 35.2 Å². The summed E-state index contributed by atoms with van der Waals surface area (Å²) in [6.07, 6.45) is 9.57. The molecule has 0 aromatic heterocycles. The van der Waals surface area contributed by atoms with Crippen LogP contribution < -0.4 is 10.5 Å². The van der Waals surface area contributed by atoms with Gasteiger partial charge in [0.25, 0.3) is 5.17 Å². The minimum absolute atomic E-state index is 0.104. The van der Waals surface area contributed by atoms with E-state index in [0.29, 0.717) is 0 Å². The van der Waals surface area contributed by atoms with Gasteiger partial charge in [-0.15, -0.1) is 0 Å². The summed E-state index contributed by atoms with van der Waals surface area (Å²) in [4.78, 5) is 0. The molecule has 0 aliphatic rings. The molecule has 112 valence electrons. The Labute approximate surface area is 128 Å². The molecule has 3 heteroatoms. The Morgan fingerprint density at radius 2 is 1.70 bits per heavy atom. The van der Waals surface area contributed by atoms with E-state index >= 15 is 0 Å². The largest absolute Gasteiger partial charge is 0.432 e. The molecule has 0 aliphatic heterocycles. The van der Waals surface area contributed by atoms with E-state index in [1.54, 1.807) is 0 Å². The van der Waals surface area contributed by atoms with Crippen LogP contribution in [0, 0.1) is 0 Å². The van der Waals surface area contributed by atoms with E-state index in [2.05, 4.69) is 19.9 Å². The van der Waals surface area contributed by atoms with Gasteiger partial charge in [0.05, 0.1) is 0 Å². The maximum atomic E-state index is 5.53. The molecule has 20 heavy (non-hydrogen) atoms. The number of benzene rings is 1. The number of nitrogens with two attached hydrogens (primary N) is 1. The molecule has 0 aliphatic carbocycles. The lowest BCUT2D eigenvalue weighted by Crippen LogP contribution is -2.17. The van der Waals surface area contributed by atoms with E-state index < -0.39 is 0 Å². The van der Waals surface area contributed by atoms with Crippen LogP contribution in [0.1, 0.15) is 63.5 Å². The first-order chi connectivity index (χ1) is 9.69. The molecule has 0 fully saturated rings. The van der Waals surface area contributed by atoms with Gasteiger partial charge in [0.1, 0.15) is 5.75 Å². The zero-order valence-electron chi connectivity index (χ0n) is 12.8. The van der Waals surface area contributed by atoms with Gasteiger partial charge in [0, 0.05) is 0 Å². The van der Waals surface area contributed by atoms with Crippen LogP contribution >= 0.6 is 12.2 Å². The van der Waals surface area contributed by atoms with Gasteiger partial charge in [0.2, 0.25) is 0 Å². The molecular formula is C17H27NOS. The van der Waals surface area contributed by atoms with Gasteiger partial charge in [-0.25, -0.2) is 0 Å². The molecule has 0 unspecified atom stereocenters. The lowest BCUT2D eigenvalue weighted by Gasteiger charge is -2.14. The maximum absolute atomic E-state index is 5.53. The van der Waals surface area contributed by atoms with E-state index in [1.165, 1.54) is 49.7 Å². The molecule has 0 heterocycles. The molecule has 1 aromatic carbocycles. The molecule has 2 N–H and O–H groups in total. The second-order valence-corrected chi connectivity index (χ2v) is 5.63. The molecule has 0 saturated heterocycles. The first-order valence-electron chi connectivity index (χ1n) is 7.77. The van der Waals surface area contributed by atoms with Crippen LogP contribution in [0.15, 0.2) is 18.2 Å². The molecule has 1 aromatic rings. The Hall–Kier alpha value is -1.09. The maximum Gasteiger partial charge on any atom is 0.259 e. The van der Waals surface area contributed by atoms with Crippen molar-refractivity contribution >= 4 is 17.4 Å². The zero-order valence-corrected chi connectivity index (χ0v) is 13.6. The number of ether oxygens (including phenoxy) is 1. The second kappa shape index (κ2) is 9.76. The number of aryl methyl sites for hydroxylation is 1. The third-order valence-electron chi connectivity index (χ3n) is 3.52. The lowest BCUT2D eigenvalue weighted by molar-refractivity contribution is 0.542. The molecule has 1 rings (SSSR count). The molecule has 0 spiro atoms. The van der Waals surface area contributed by atoms with Crippen LogP contribution in [0.3, 0.4) is 0 Å². The van der Waals surface area contributed by atoms with E-state index in [9.17, 15) is 0 Å². The number of rotatable bonds is 9. The van der Waals surface area contributed by atoms with Crippen LogP contribution in [0.5, 0.6) is 5.75 Å². The van der Waals surface area contributed by atoms with Gasteiger partial charge >= 0.3 is 0 Å². The SMILES string of the molecule is CCCCCc1cccc(OC(N)=S)c1CCCCC. The highest BCUT2D eigenvalue weighted by Gasteiger charge is 2.10. The molecule has 0 amide bonds. The van der Waals surface area contributed by atoms with Crippen molar-refractivity contribution in [3.8, 4) is 5.75 Å². The Kier molecular flexibility index (Phi) is 8.28. The average molecular weight is 293 g/mol. The first kappa shape index (κ1) is 17.0. The van der Waals surface area contributed by atoms with E-state index in [-0.39, 0.29) is 5.17 Å². The minimum atomic E-state index is 0.104. The van der Waals surface area contributed by atoms with Crippen LogP contribution in [-0.4, -0.2) is 5.17 Å². The monoisotopic (exact) mass is 293 g/mol. The van der Waals surface area contributed by atoms with Gasteiger partial charge in [-0.2, -0.15) is 0 Å². The molecule has 0 atom stereocenters. The van der Waals surface area contributed by atoms with Crippen molar-refractivity contribution < 1.29 is 4.74 Å². The van der Waals surface area contributed by atoms with Crippen molar-refractivity contribution in [2.45, 2.75) is 65.2 Å². The van der Waals surface area contributed by atoms with E-state index in [4.69, 9.17) is 22.7 Å². The Balaban J connectivity index is 2.85. The zero-order chi connectivity index (χ0) is 14.8. The molecule has 0 saturated carbocycles. The van der Waals surface area contributed by atoms with Gasteiger partial charge in [0.15, 0.2) is 0 Å². The summed E-state index contributed by atoms with van der Waals surface area (Å²) >= 11 is 4.88. The third-order valence-corrected chi connectivity index (χ3v) is 3.60. The average Bonchev–Trinajstić information content (AvgIpc) is 2.41. The molecule has 0 radical (unpaired) electrons. The van der Waals surface area contributed by atoms with Crippen molar-refractivity contribution in [1.29, 1.82) is 0 Å². The summed E-state index contributed by atoms with van der Waals surface area (Å²) in [5, 5.41) is 0.104. The fraction of sp³-hybridized carbons (Fsp3) is 0.588. The molecule has 0 bridgehead atoms. The van der Waals surface area contributed by atoms with Crippen LogP contribution in [0.25, 0.3) is 0 Å². The highest BCUT2D eigenvalue weighted by atomic mass is 32.1. The third kappa shape index (κ3) is 5.91. The number of hydrogen-bond acceptors (Lipinski definition) is 2. The predicted molar refractivity (Wildman–Crippen MR) is 90.3 cm³/mol. The first-order valence-corrected chi connectivity index (χ1v) is 8.17. The van der Waals surface area contributed by atoms with Gasteiger partial charge < -0.3 is 10.5 Å². The van der Waals surface area contributed by atoms with Crippen LogP contribution in [-0.2, 0) is 12.8 Å². The summed E-state index contributed by atoms with van der Waals surface area (Å²) < 4.78 is 5.53. The van der Waals surface area contributed by atoms with Crippen LogP contribution in [0.4, 0.5) is 0 Å². The summed E-state index contributed by atoms with van der Waals surface area (Å²) in [5.41, 5.74) is 8.22. The Bertz CT molecular complexity index is 417. The Morgan fingerprint density at radius 3 is 2.30 bits per heavy atom. The summed E-state index contributed by atoms with van der Waals surface area (Å²) in [6, 6.07) is 6.23. The van der Waals surface area contributed by atoms with E-state index in [1.807, 2.05) is 12.1 Å². The summed E-state index contributed by atoms with van der Waals surface area (Å²) in [7, 11) is 0. The van der Waals surface area contributed by atoms with Crippen molar-refractivity contribution in [2.75, 3.05) is 0 Å². The van der Waals surface area contributed by atoms with Crippen molar-refractivity contribution in [1.82, 2.24) is 0 Å². The molecule has 2 nitrogen and oxygen atoms in total. The van der Waals surface area contributed by atoms with Crippen LogP contribution in [0.2, 0.25) is 0 Å². The fourth-order valence-corrected chi connectivity index (χ4v) is 2.54. The smallest absolute Gasteiger partial charge is 0.259 e. The lowest BCUT2D eigenvalue weighted by atomic mass is 9.96. The Morgan fingerprint density at radius 1 is 1.05 bits per heavy atom. The van der Waals surface area contributed by atoms with Crippen molar-refractivity contribution in [3.63, 3.8) is 0 Å².